The van der Waals surface area contributed by atoms with Gasteiger partial charge in [0.1, 0.15) is 11.8 Å². The number of hydrogen-bond acceptors (Lipinski definition) is 8. The van der Waals surface area contributed by atoms with Crippen LogP contribution in [0, 0.1) is 16.0 Å². The minimum absolute atomic E-state index is 0.174. The first-order valence-electron chi connectivity index (χ1n) is 12.6. The molecule has 1 fully saturated rings. The van der Waals surface area contributed by atoms with Gasteiger partial charge in [0.2, 0.25) is 17.7 Å². The molecular formula is C28H17Cl3N4O6S2. The number of hydrogen-bond donors (Lipinski definition) is 1. The Kier molecular flexibility index (Phi) is 7.82. The molecule has 6 rings (SSSR count). The molecule has 43 heavy (non-hydrogen) atoms. The molecule has 1 N–H and O–H groups in total. The van der Waals surface area contributed by atoms with E-state index in [1.165, 1.54) is 28.8 Å². The molecule has 10 nitrogen and oxygen atoms in total. The van der Waals surface area contributed by atoms with Gasteiger partial charge in [-0.05, 0) is 48.0 Å². The average Bonchev–Trinajstić information content (AvgIpc) is 3.42. The Morgan fingerprint density at radius 1 is 0.953 bits per heavy atom. The van der Waals surface area contributed by atoms with E-state index in [1.807, 2.05) is 0 Å². The smallest absolute Gasteiger partial charge is 0.308 e. The third-order valence-electron chi connectivity index (χ3n) is 7.11. The fraction of sp³-hybridized carbons (Fsp3) is 0.143. The zero-order valence-electron chi connectivity index (χ0n) is 21.5. The summed E-state index contributed by atoms with van der Waals surface area (Å²) in [5.74, 6) is -3.38. The number of halogens is 3. The molecule has 1 saturated heterocycles. The quantitative estimate of drug-likeness (QED) is 0.146. The molecular weight excluding hydrogens is 659 g/mol. The number of fused-ring (bicyclic) bond motifs is 2. The van der Waals surface area contributed by atoms with E-state index in [-0.39, 0.29) is 28.0 Å². The highest BCUT2D eigenvalue weighted by Crippen LogP contribution is 2.55. The van der Waals surface area contributed by atoms with Gasteiger partial charge in [-0.1, -0.05) is 70.0 Å². The number of amides is 3. The number of thiazole rings is 1. The number of benzene rings is 3. The molecule has 0 spiro atoms. The molecule has 0 bridgehead atoms. The van der Waals surface area contributed by atoms with Gasteiger partial charge in [-0.2, -0.15) is 0 Å². The van der Waals surface area contributed by atoms with Crippen molar-refractivity contribution in [2.24, 2.45) is 5.92 Å². The normalized spacial score (nSPS) is 19.2. The van der Waals surface area contributed by atoms with Crippen LogP contribution >= 0.6 is 57.9 Å². The van der Waals surface area contributed by atoms with E-state index in [0.717, 1.165) is 28.0 Å². The monoisotopic (exact) mass is 674 g/mol. The number of rotatable bonds is 6. The molecule has 4 aromatic rings. The topological polar surface area (TPSA) is 132 Å². The van der Waals surface area contributed by atoms with E-state index < -0.39 is 44.6 Å². The van der Waals surface area contributed by atoms with Crippen LogP contribution in [0.4, 0.5) is 17.1 Å². The molecule has 0 aliphatic carbocycles. The zero-order valence-corrected chi connectivity index (χ0v) is 25.4. The summed E-state index contributed by atoms with van der Waals surface area (Å²) in [6, 6.07) is 16.5. The Bertz CT molecular complexity index is 1880. The first kappa shape index (κ1) is 29.4. The number of nitrogens with one attached hydrogen (secondary N) is 1. The molecule has 0 saturated carbocycles. The molecule has 1 aromatic heterocycles. The lowest BCUT2D eigenvalue weighted by Gasteiger charge is -2.31. The maximum absolute atomic E-state index is 14.0. The van der Waals surface area contributed by atoms with Crippen molar-refractivity contribution in [2.75, 3.05) is 10.2 Å². The van der Waals surface area contributed by atoms with Gasteiger partial charge in [-0.25, -0.2) is 4.90 Å². The largest absolute Gasteiger partial charge is 0.325 e. The molecule has 3 heterocycles. The lowest BCUT2D eigenvalue weighted by molar-refractivity contribution is -0.384. The van der Waals surface area contributed by atoms with E-state index in [2.05, 4.69) is 5.32 Å². The van der Waals surface area contributed by atoms with Gasteiger partial charge in [0.25, 0.3) is 5.69 Å². The van der Waals surface area contributed by atoms with Gasteiger partial charge in [0, 0.05) is 33.6 Å². The fourth-order valence-corrected chi connectivity index (χ4v) is 8.52. The second-order valence-electron chi connectivity index (χ2n) is 9.65. The lowest BCUT2D eigenvalue weighted by atomic mass is 9.83. The molecule has 15 heteroatoms. The number of nitro benzene ring substituents is 1. The minimum Gasteiger partial charge on any atom is -0.325 e. The molecule has 2 unspecified atom stereocenters. The van der Waals surface area contributed by atoms with E-state index in [4.69, 9.17) is 34.8 Å². The number of nitro groups is 1. The van der Waals surface area contributed by atoms with Crippen molar-refractivity contribution in [3.05, 3.63) is 112 Å². The molecule has 2 aliphatic heterocycles. The van der Waals surface area contributed by atoms with Crippen LogP contribution in [0.1, 0.15) is 16.4 Å². The van der Waals surface area contributed by atoms with Gasteiger partial charge in [0.05, 0.1) is 31.6 Å². The Morgan fingerprint density at radius 3 is 2.33 bits per heavy atom. The molecule has 3 aromatic carbocycles. The van der Waals surface area contributed by atoms with Crippen LogP contribution in [0.3, 0.4) is 0 Å². The highest BCUT2D eigenvalue weighted by Gasteiger charge is 2.57. The summed E-state index contributed by atoms with van der Waals surface area (Å²) in [6.45, 7) is -0.345. The van der Waals surface area contributed by atoms with E-state index in [9.17, 15) is 29.3 Å². The van der Waals surface area contributed by atoms with Crippen molar-refractivity contribution in [3.8, 4) is 0 Å². The number of thioether (sulfide) groups is 1. The van der Waals surface area contributed by atoms with E-state index >= 15 is 0 Å². The standard InChI is InChI=1S/C28H17Cl3N4O6S2/c29-13-4-6-14(7-5-13)32-19(36)12-33-27-24(43-28(33)39)20(17-2-1-3-18(30)22(17)31)21-23(42-27)26(38)34(25(21)37)15-8-10-16(11-9-15)35(40)41/h1-11,20-21,23H,12H2,(H,32,36)/t20-,21?,23?/m1/s1. The van der Waals surface area contributed by atoms with E-state index in [0.29, 0.717) is 26.2 Å². The van der Waals surface area contributed by atoms with Crippen molar-refractivity contribution in [2.45, 2.75) is 22.7 Å². The number of carbonyl (C=O) groups excluding carboxylic acids is 3. The summed E-state index contributed by atoms with van der Waals surface area (Å²) in [7, 11) is 0. The third-order valence-corrected chi connectivity index (χ3v) is 10.8. The predicted molar refractivity (Wildman–Crippen MR) is 166 cm³/mol. The molecule has 3 amide bonds. The van der Waals surface area contributed by atoms with Gasteiger partial charge in [-0.15, -0.1) is 0 Å². The van der Waals surface area contributed by atoms with Crippen LogP contribution in [-0.2, 0) is 20.9 Å². The number of anilines is 2. The fourth-order valence-electron chi connectivity index (χ4n) is 5.21. The van der Waals surface area contributed by atoms with Gasteiger partial charge in [0.15, 0.2) is 0 Å². The SMILES string of the molecule is O=C(Cn1c2c(sc1=O)[C@H](c1cccc(Cl)c1Cl)C1C(=O)N(c3ccc([N+](=O)[O-])cc3)C(=O)C1S2)Nc1ccc(Cl)cc1. The zero-order chi connectivity index (χ0) is 30.6. The van der Waals surface area contributed by atoms with Crippen molar-refractivity contribution in [1.82, 2.24) is 4.57 Å². The van der Waals surface area contributed by atoms with Crippen molar-refractivity contribution in [3.63, 3.8) is 0 Å². The van der Waals surface area contributed by atoms with Crippen molar-refractivity contribution >= 4 is 92.7 Å². The number of imide groups is 1. The number of nitrogens with zero attached hydrogens (tertiary/aromatic N) is 3. The molecule has 3 atom stereocenters. The van der Waals surface area contributed by atoms with Gasteiger partial charge >= 0.3 is 4.87 Å². The van der Waals surface area contributed by atoms with Gasteiger partial charge in [-0.3, -0.25) is 33.9 Å². The Balaban J connectivity index is 1.42. The van der Waals surface area contributed by atoms with Crippen LogP contribution in [0.5, 0.6) is 0 Å². The second kappa shape index (κ2) is 11.4. The summed E-state index contributed by atoms with van der Waals surface area (Å²) in [4.78, 5) is 65.7. The molecule has 218 valence electrons. The van der Waals surface area contributed by atoms with E-state index in [1.54, 1.807) is 42.5 Å². The van der Waals surface area contributed by atoms with Crippen LogP contribution in [0.15, 0.2) is 76.6 Å². The number of carbonyl (C=O) groups is 3. The number of non-ortho nitro benzene ring substituents is 1. The van der Waals surface area contributed by atoms with Crippen LogP contribution in [0.25, 0.3) is 0 Å². The second-order valence-corrected chi connectivity index (χ2v) is 13.0. The maximum Gasteiger partial charge on any atom is 0.308 e. The average molecular weight is 676 g/mol. The van der Waals surface area contributed by atoms with Gasteiger partial charge < -0.3 is 5.32 Å². The highest BCUT2D eigenvalue weighted by atomic mass is 35.5. The summed E-state index contributed by atoms with van der Waals surface area (Å²) in [5, 5.41) is 14.2. The highest BCUT2D eigenvalue weighted by molar-refractivity contribution is 8.00. The first-order chi connectivity index (χ1) is 20.5. The minimum atomic E-state index is -0.977. The Labute approximate surface area is 266 Å². The third kappa shape index (κ3) is 5.23. The van der Waals surface area contributed by atoms with Crippen molar-refractivity contribution in [1.29, 1.82) is 0 Å². The summed E-state index contributed by atoms with van der Waals surface area (Å²) in [5.41, 5.74) is 0.922. The van der Waals surface area contributed by atoms with Crippen LogP contribution < -0.4 is 15.1 Å². The predicted octanol–water partition coefficient (Wildman–Crippen LogP) is 6.21. The molecule has 2 aliphatic rings. The number of aromatic nitrogens is 1. The van der Waals surface area contributed by atoms with Crippen molar-refractivity contribution < 1.29 is 19.3 Å². The first-order valence-corrected chi connectivity index (χ1v) is 15.4. The summed E-state index contributed by atoms with van der Waals surface area (Å²) in [6.07, 6.45) is 0. The summed E-state index contributed by atoms with van der Waals surface area (Å²) < 4.78 is 1.28. The Hall–Kier alpha value is -3.68. The van der Waals surface area contributed by atoms with Crippen LogP contribution in [-0.4, -0.2) is 32.5 Å². The van der Waals surface area contributed by atoms with Crippen LogP contribution in [0.2, 0.25) is 15.1 Å². The maximum atomic E-state index is 14.0. The molecule has 0 radical (unpaired) electrons. The summed E-state index contributed by atoms with van der Waals surface area (Å²) >= 11 is 20.8. The Morgan fingerprint density at radius 2 is 1.65 bits per heavy atom. The lowest BCUT2D eigenvalue weighted by Crippen LogP contribution is -2.33.